The Kier molecular flexibility index (Phi) is 4.13. The second kappa shape index (κ2) is 6.58. The molecule has 0 spiro atoms. The number of benzene rings is 1. The van der Waals surface area contributed by atoms with Gasteiger partial charge in [0.2, 0.25) is 5.91 Å². The third kappa shape index (κ3) is 3.22. The minimum atomic E-state index is -0.255. The molecule has 2 heterocycles. The molecule has 1 aromatic heterocycles. The largest absolute Gasteiger partial charge is 0.322 e. The van der Waals surface area contributed by atoms with E-state index in [-0.39, 0.29) is 18.5 Å². The summed E-state index contributed by atoms with van der Waals surface area (Å²) in [6.07, 6.45) is 7.05. The van der Waals surface area contributed by atoms with Crippen LogP contribution in [0.1, 0.15) is 25.3 Å². The van der Waals surface area contributed by atoms with Crippen LogP contribution in [0.5, 0.6) is 0 Å². The van der Waals surface area contributed by atoms with Gasteiger partial charge >= 0.3 is 6.03 Å². The molecule has 0 unspecified atom stereocenters. The molecule has 0 radical (unpaired) electrons. The minimum Gasteiger partial charge on any atom is -0.313 e. The van der Waals surface area contributed by atoms with Gasteiger partial charge in [-0.2, -0.15) is 5.10 Å². The van der Waals surface area contributed by atoms with Crippen molar-refractivity contribution < 1.29 is 9.59 Å². The molecule has 7 heteroatoms. The first kappa shape index (κ1) is 15.7. The van der Waals surface area contributed by atoms with E-state index in [1.54, 1.807) is 16.0 Å². The number of para-hydroxylation sites is 1. The molecule has 25 heavy (non-hydrogen) atoms. The third-order valence-corrected chi connectivity index (χ3v) is 4.88. The fourth-order valence-corrected chi connectivity index (χ4v) is 3.18. The minimum absolute atomic E-state index is 0.0715. The average molecular weight is 339 g/mol. The maximum atomic E-state index is 12.4. The molecule has 3 amide bonds. The molecule has 1 aliphatic carbocycles. The highest BCUT2D eigenvalue weighted by atomic mass is 16.2. The molecular weight excluding hydrogens is 318 g/mol. The molecule has 1 N–H and O–H groups in total. The van der Waals surface area contributed by atoms with E-state index in [4.69, 9.17) is 0 Å². The van der Waals surface area contributed by atoms with Crippen molar-refractivity contribution in [3.8, 4) is 0 Å². The number of carbonyl (C=O) groups is 2. The number of amides is 3. The summed E-state index contributed by atoms with van der Waals surface area (Å²) in [4.78, 5) is 28.1. The molecule has 2 aromatic rings. The van der Waals surface area contributed by atoms with Gasteiger partial charge in [-0.05, 0) is 31.4 Å². The van der Waals surface area contributed by atoms with Crippen LogP contribution in [0.4, 0.5) is 16.2 Å². The molecule has 130 valence electrons. The van der Waals surface area contributed by atoms with Crippen LogP contribution in [-0.4, -0.2) is 46.3 Å². The van der Waals surface area contributed by atoms with Gasteiger partial charge in [0.15, 0.2) is 0 Å². The fourth-order valence-electron chi connectivity index (χ4n) is 3.18. The summed E-state index contributed by atoms with van der Waals surface area (Å²) < 4.78 is 1.91. The van der Waals surface area contributed by atoms with Gasteiger partial charge in [-0.15, -0.1) is 0 Å². The summed E-state index contributed by atoms with van der Waals surface area (Å²) in [5.41, 5.74) is 1.55. The second-order valence-electron chi connectivity index (χ2n) is 6.53. The number of anilines is 2. The van der Waals surface area contributed by atoms with Crippen molar-refractivity contribution in [2.24, 2.45) is 0 Å². The number of urea groups is 1. The Morgan fingerprint density at radius 3 is 2.64 bits per heavy atom. The second-order valence-corrected chi connectivity index (χ2v) is 6.53. The van der Waals surface area contributed by atoms with Crippen LogP contribution in [0, 0.1) is 0 Å². The lowest BCUT2D eigenvalue weighted by Gasteiger charge is -2.34. The third-order valence-electron chi connectivity index (χ3n) is 4.88. The van der Waals surface area contributed by atoms with Crippen molar-refractivity contribution in [2.45, 2.75) is 25.3 Å². The van der Waals surface area contributed by atoms with Gasteiger partial charge in [0.25, 0.3) is 0 Å². The number of hydrogen-bond acceptors (Lipinski definition) is 3. The van der Waals surface area contributed by atoms with Crippen molar-refractivity contribution >= 4 is 23.3 Å². The van der Waals surface area contributed by atoms with Crippen molar-refractivity contribution in [3.05, 3.63) is 42.7 Å². The smallest absolute Gasteiger partial charge is 0.313 e. The number of rotatable bonds is 3. The Labute approximate surface area is 146 Å². The van der Waals surface area contributed by atoms with Crippen LogP contribution in [0.2, 0.25) is 0 Å². The number of hydrogen-bond donors (Lipinski definition) is 1. The van der Waals surface area contributed by atoms with Crippen LogP contribution < -0.4 is 10.2 Å². The molecule has 1 aromatic carbocycles. The first-order chi connectivity index (χ1) is 12.2. The van der Waals surface area contributed by atoms with Crippen LogP contribution in [0.25, 0.3) is 0 Å². The van der Waals surface area contributed by atoms with Crippen LogP contribution in [-0.2, 0) is 4.79 Å². The van der Waals surface area contributed by atoms with Gasteiger partial charge in [0.05, 0.1) is 17.9 Å². The summed E-state index contributed by atoms with van der Waals surface area (Å²) in [7, 11) is 0. The summed E-state index contributed by atoms with van der Waals surface area (Å²) in [5, 5.41) is 7.15. The Morgan fingerprint density at radius 1 is 1.16 bits per heavy atom. The van der Waals surface area contributed by atoms with E-state index in [9.17, 15) is 9.59 Å². The first-order valence-electron chi connectivity index (χ1n) is 8.66. The van der Waals surface area contributed by atoms with Crippen molar-refractivity contribution in [3.63, 3.8) is 0 Å². The zero-order valence-electron chi connectivity index (χ0n) is 14.0. The topological polar surface area (TPSA) is 70.5 Å². The quantitative estimate of drug-likeness (QED) is 0.934. The summed E-state index contributed by atoms with van der Waals surface area (Å²) >= 11 is 0. The molecule has 1 saturated heterocycles. The summed E-state index contributed by atoms with van der Waals surface area (Å²) in [5.74, 6) is -0.0715. The molecule has 2 fully saturated rings. The summed E-state index contributed by atoms with van der Waals surface area (Å²) in [6.45, 7) is 1.08. The lowest BCUT2D eigenvalue weighted by Crippen LogP contribution is -2.53. The van der Waals surface area contributed by atoms with E-state index in [2.05, 4.69) is 10.4 Å². The molecule has 1 aliphatic heterocycles. The fraction of sp³-hybridized carbons (Fsp3) is 0.389. The lowest BCUT2D eigenvalue weighted by molar-refractivity contribution is -0.120. The highest BCUT2D eigenvalue weighted by Crippen LogP contribution is 2.31. The number of nitrogens with one attached hydrogen (secondary N) is 1. The molecule has 4 rings (SSSR count). The summed E-state index contributed by atoms with van der Waals surface area (Å²) in [6, 6.07) is 9.74. The van der Waals surface area contributed by atoms with Crippen LogP contribution >= 0.6 is 0 Å². The highest BCUT2D eigenvalue weighted by molar-refractivity contribution is 5.99. The monoisotopic (exact) mass is 339 g/mol. The van der Waals surface area contributed by atoms with E-state index in [0.717, 1.165) is 18.5 Å². The van der Waals surface area contributed by atoms with E-state index < -0.39 is 0 Å². The molecule has 2 aliphatic rings. The maximum Gasteiger partial charge on any atom is 0.322 e. The molecule has 1 saturated carbocycles. The Hall–Kier alpha value is -2.83. The van der Waals surface area contributed by atoms with Crippen molar-refractivity contribution in [1.82, 2.24) is 14.7 Å². The van der Waals surface area contributed by atoms with E-state index in [1.807, 2.05) is 41.2 Å². The number of carbonyl (C=O) groups excluding carboxylic acids is 2. The van der Waals surface area contributed by atoms with Crippen LogP contribution in [0.3, 0.4) is 0 Å². The molecule has 7 nitrogen and oxygen atoms in total. The van der Waals surface area contributed by atoms with Gasteiger partial charge in [-0.1, -0.05) is 18.2 Å². The van der Waals surface area contributed by atoms with Crippen molar-refractivity contribution in [2.75, 3.05) is 29.9 Å². The van der Waals surface area contributed by atoms with Gasteiger partial charge in [-0.3, -0.25) is 9.48 Å². The van der Waals surface area contributed by atoms with Gasteiger partial charge in [-0.25, -0.2) is 4.79 Å². The van der Waals surface area contributed by atoms with E-state index >= 15 is 0 Å². The predicted molar refractivity (Wildman–Crippen MR) is 94.5 cm³/mol. The van der Waals surface area contributed by atoms with Gasteiger partial charge in [0.1, 0.15) is 6.54 Å². The Bertz CT molecular complexity index is 769. The number of nitrogens with zero attached hydrogens (tertiary/aromatic N) is 4. The molecule has 0 bridgehead atoms. The molecule has 0 atom stereocenters. The normalized spacial score (nSPS) is 18.2. The van der Waals surface area contributed by atoms with E-state index in [1.165, 1.54) is 6.42 Å². The standard InChI is InChI=1S/C18H21N5O2/c24-17-13-21(9-10-22(17)15-5-2-1-3-6-15)18(25)20-14-11-19-23(12-14)16-7-4-8-16/h1-3,5-6,11-12,16H,4,7-10,13H2,(H,20,25). The Morgan fingerprint density at radius 2 is 1.96 bits per heavy atom. The highest BCUT2D eigenvalue weighted by Gasteiger charge is 2.28. The van der Waals surface area contributed by atoms with Crippen molar-refractivity contribution in [1.29, 1.82) is 0 Å². The maximum absolute atomic E-state index is 12.4. The van der Waals surface area contributed by atoms with Gasteiger partial charge < -0.3 is 15.1 Å². The first-order valence-corrected chi connectivity index (χ1v) is 8.66. The molecular formula is C18H21N5O2. The zero-order valence-corrected chi connectivity index (χ0v) is 14.0. The number of piperazine rings is 1. The van der Waals surface area contributed by atoms with Crippen LogP contribution in [0.15, 0.2) is 42.7 Å². The number of aromatic nitrogens is 2. The van der Waals surface area contributed by atoms with Gasteiger partial charge in [0, 0.05) is 25.0 Å². The zero-order chi connectivity index (χ0) is 17.2. The average Bonchev–Trinajstić information content (AvgIpc) is 3.01. The predicted octanol–water partition coefficient (Wildman–Crippen LogP) is 2.49. The SMILES string of the molecule is O=C(Nc1cnn(C2CCC2)c1)N1CCN(c2ccccc2)C(=O)C1. The Balaban J connectivity index is 1.35. The lowest BCUT2D eigenvalue weighted by atomic mass is 9.93. The van der Waals surface area contributed by atoms with E-state index in [0.29, 0.717) is 24.8 Å².